The summed E-state index contributed by atoms with van der Waals surface area (Å²) in [6, 6.07) is 62.0. The molecule has 2 unspecified atom stereocenters. The Morgan fingerprint density at radius 1 is 0.320 bits per heavy atom. The van der Waals surface area contributed by atoms with E-state index in [9.17, 15) is 0 Å². The van der Waals surface area contributed by atoms with Gasteiger partial charge in [-0.1, -0.05) is 84.9 Å². The predicted octanol–water partition coefficient (Wildman–Crippen LogP) is 11.9. The van der Waals surface area contributed by atoms with Gasteiger partial charge in [0.15, 0.2) is 0 Å². The van der Waals surface area contributed by atoms with Crippen LogP contribution in [0.25, 0.3) is 45.3 Å². The highest BCUT2D eigenvalue weighted by molar-refractivity contribution is 5.67. The van der Waals surface area contributed by atoms with Crippen molar-refractivity contribution < 1.29 is 8.83 Å². The first-order chi connectivity index (χ1) is 24.8. The van der Waals surface area contributed by atoms with E-state index in [2.05, 4.69) is 97.1 Å². The van der Waals surface area contributed by atoms with Gasteiger partial charge in [-0.15, -0.1) is 0 Å². The summed E-state index contributed by atoms with van der Waals surface area (Å²) in [7, 11) is 0. The zero-order valence-electron chi connectivity index (χ0n) is 27.3. The first-order valence-corrected chi connectivity index (χ1v) is 16.8. The molecule has 0 amide bonds. The highest BCUT2D eigenvalue weighted by Crippen LogP contribution is 2.45. The number of nitrogens with zero attached hydrogens (tertiary/aromatic N) is 2. The second-order valence-electron chi connectivity index (χ2n) is 12.2. The van der Waals surface area contributed by atoms with Gasteiger partial charge < -0.3 is 0 Å². The largest absolute Gasteiger partial charge is 0.361 e. The lowest BCUT2D eigenvalue weighted by Gasteiger charge is -2.27. The Balaban J connectivity index is 1.42. The molecule has 0 saturated heterocycles. The van der Waals surface area contributed by atoms with E-state index in [1.807, 2.05) is 97.3 Å². The van der Waals surface area contributed by atoms with Crippen molar-refractivity contribution in [3.8, 4) is 45.3 Å². The summed E-state index contributed by atoms with van der Waals surface area (Å²) >= 11 is 0. The summed E-state index contributed by atoms with van der Waals surface area (Å²) in [5.41, 5.74) is 7.97. The summed E-state index contributed by atoms with van der Waals surface area (Å²) in [5, 5.41) is 0. The maximum Gasteiger partial charge on any atom is 0.361 e. The third-order valence-corrected chi connectivity index (χ3v) is 8.93. The van der Waals surface area contributed by atoms with Crippen LogP contribution >= 0.6 is 0 Å². The third kappa shape index (κ3) is 6.60. The second-order valence-corrected chi connectivity index (χ2v) is 12.2. The quantitative estimate of drug-likeness (QED) is 0.146. The number of hydrogen-bond acceptors (Lipinski definition) is 2. The Morgan fingerprint density at radius 2 is 0.600 bits per heavy atom. The monoisotopic (exact) mass is 646 g/mol. The van der Waals surface area contributed by atoms with Crippen LogP contribution in [0.15, 0.2) is 203 Å². The van der Waals surface area contributed by atoms with Crippen molar-refractivity contribution in [3.63, 3.8) is 0 Å². The van der Waals surface area contributed by atoms with Crippen molar-refractivity contribution in [3.05, 3.63) is 217 Å². The minimum absolute atomic E-state index is 0.248. The molecule has 0 saturated carbocycles. The maximum atomic E-state index is 6.67. The highest BCUT2D eigenvalue weighted by atomic mass is 16.3. The van der Waals surface area contributed by atoms with E-state index in [1.165, 1.54) is 0 Å². The summed E-state index contributed by atoms with van der Waals surface area (Å²) in [6.07, 6.45) is 3.74. The molecule has 4 heteroatoms. The third-order valence-electron chi connectivity index (χ3n) is 8.93. The fraction of sp³-hybridized carbons (Fsp3) is 0.0435. The van der Waals surface area contributed by atoms with Crippen LogP contribution in [0, 0.1) is 0 Å². The van der Waals surface area contributed by atoms with Gasteiger partial charge in [0, 0.05) is 59.9 Å². The van der Waals surface area contributed by atoms with Gasteiger partial charge in [0.2, 0.25) is 0 Å². The van der Waals surface area contributed by atoms with Gasteiger partial charge in [-0.05, 0) is 83.9 Å². The summed E-state index contributed by atoms with van der Waals surface area (Å²) in [5.74, 6) is 2.62. The molecule has 0 bridgehead atoms. The van der Waals surface area contributed by atoms with E-state index in [1.54, 1.807) is 0 Å². The zero-order valence-corrected chi connectivity index (χ0v) is 27.3. The molecule has 4 aromatic heterocycles. The molecule has 4 aromatic carbocycles. The van der Waals surface area contributed by atoms with Crippen LogP contribution in [0.1, 0.15) is 34.4 Å². The fourth-order valence-corrected chi connectivity index (χ4v) is 6.57. The Kier molecular flexibility index (Phi) is 8.81. The normalized spacial score (nSPS) is 12.2. The number of benzene rings is 4. The predicted molar refractivity (Wildman–Crippen MR) is 200 cm³/mol. The van der Waals surface area contributed by atoms with Gasteiger partial charge in [-0.3, -0.25) is 9.97 Å². The molecule has 8 aromatic rings. The number of rotatable bonds is 9. The average molecular weight is 647 g/mol. The molecule has 4 heterocycles. The van der Waals surface area contributed by atoms with E-state index in [0.717, 1.165) is 67.8 Å². The summed E-state index contributed by atoms with van der Waals surface area (Å²) < 4.78 is 13.3. The minimum Gasteiger partial charge on any atom is -0.261 e. The van der Waals surface area contributed by atoms with Crippen LogP contribution < -0.4 is 0 Å². The van der Waals surface area contributed by atoms with Crippen molar-refractivity contribution in [2.75, 3.05) is 0 Å². The Bertz CT molecular complexity index is 2020. The topological polar surface area (TPSA) is 48.4 Å². The van der Waals surface area contributed by atoms with E-state index in [4.69, 9.17) is 18.8 Å². The van der Waals surface area contributed by atoms with Crippen molar-refractivity contribution in [2.24, 2.45) is 0 Å². The van der Waals surface area contributed by atoms with E-state index in [-0.39, 0.29) is 11.8 Å². The standard InChI is InChI=1S/C46H34N2O2/c1-5-17-33(18-6-1)41-29-37(30-42(49-41)34-19-7-2-8-20-34)45(39-25-13-15-27-47-39)46(40-26-14-16-28-48-40)38-31-43(35-21-9-3-10-22-35)50-44(32-38)36-23-11-4-12-24-36/h1-32,45-46H/q+2. The Morgan fingerprint density at radius 3 is 0.860 bits per heavy atom. The molecule has 0 fully saturated rings. The maximum absolute atomic E-state index is 6.67. The molecular weight excluding hydrogens is 613 g/mol. The molecule has 2 atom stereocenters. The molecule has 0 spiro atoms. The number of hydrogen-bond donors (Lipinski definition) is 0. The highest BCUT2D eigenvalue weighted by Gasteiger charge is 2.36. The lowest BCUT2D eigenvalue weighted by atomic mass is 9.76. The van der Waals surface area contributed by atoms with Gasteiger partial charge >= 0.3 is 23.0 Å². The Labute approximate surface area is 292 Å². The smallest absolute Gasteiger partial charge is 0.261 e. The van der Waals surface area contributed by atoms with Crippen LogP contribution in [0.2, 0.25) is 0 Å². The molecule has 238 valence electrons. The first-order valence-electron chi connectivity index (χ1n) is 16.8. The molecule has 0 aliphatic heterocycles. The molecule has 8 rings (SSSR count). The van der Waals surface area contributed by atoms with Gasteiger partial charge in [-0.2, -0.15) is 0 Å². The number of aromatic nitrogens is 2. The average Bonchev–Trinajstić information content (AvgIpc) is 3.21. The van der Waals surface area contributed by atoms with Crippen LogP contribution in [0.4, 0.5) is 0 Å². The molecule has 0 aliphatic carbocycles. The van der Waals surface area contributed by atoms with E-state index >= 15 is 0 Å². The molecular formula is C46H34N2O2+2. The van der Waals surface area contributed by atoms with Gasteiger partial charge in [-0.25, -0.2) is 8.83 Å². The first kappa shape index (κ1) is 30.8. The van der Waals surface area contributed by atoms with Gasteiger partial charge in [0.05, 0.1) is 22.3 Å². The van der Waals surface area contributed by atoms with Crippen molar-refractivity contribution in [1.29, 1.82) is 0 Å². The summed E-state index contributed by atoms with van der Waals surface area (Å²) in [4.78, 5) is 10.0. The van der Waals surface area contributed by atoms with Crippen LogP contribution in [-0.4, -0.2) is 9.97 Å². The fourth-order valence-electron chi connectivity index (χ4n) is 6.57. The lowest BCUT2D eigenvalue weighted by molar-refractivity contribution is 0.564. The molecule has 4 nitrogen and oxygen atoms in total. The van der Waals surface area contributed by atoms with E-state index in [0.29, 0.717) is 0 Å². The molecule has 0 aliphatic rings. The van der Waals surface area contributed by atoms with Crippen molar-refractivity contribution in [1.82, 2.24) is 9.97 Å². The van der Waals surface area contributed by atoms with Crippen molar-refractivity contribution >= 4 is 0 Å². The zero-order chi connectivity index (χ0) is 33.5. The van der Waals surface area contributed by atoms with Crippen LogP contribution in [0.5, 0.6) is 0 Å². The van der Waals surface area contributed by atoms with Gasteiger partial charge in [0.25, 0.3) is 0 Å². The second kappa shape index (κ2) is 14.3. The van der Waals surface area contributed by atoms with Crippen molar-refractivity contribution in [2.45, 2.75) is 11.8 Å². The Hall–Kier alpha value is -6.52. The minimum atomic E-state index is -0.248. The molecule has 50 heavy (non-hydrogen) atoms. The van der Waals surface area contributed by atoms with Crippen LogP contribution in [0.3, 0.4) is 0 Å². The molecule has 0 N–H and O–H groups in total. The summed E-state index contributed by atoms with van der Waals surface area (Å²) in [6.45, 7) is 0. The number of pyridine rings is 2. The molecule has 0 radical (unpaired) electrons. The van der Waals surface area contributed by atoms with Gasteiger partial charge in [0.1, 0.15) is 0 Å². The SMILES string of the molecule is c1ccc(-c2cc(C(c3ccccn3)C(c3cc(-c4ccccc4)[o+]c(-c4ccccc4)c3)c3ccccn3)cc(-c3ccccc3)[o+]2)cc1. The lowest BCUT2D eigenvalue weighted by Crippen LogP contribution is -2.17. The van der Waals surface area contributed by atoms with E-state index < -0.39 is 0 Å². The van der Waals surface area contributed by atoms with Crippen LogP contribution in [-0.2, 0) is 0 Å².